The quantitative estimate of drug-likeness (QED) is 0.612. The normalized spacial score (nSPS) is 13.5. The van der Waals surface area contributed by atoms with Crippen LogP contribution in [0.2, 0.25) is 0 Å². The molecular weight excluding hydrogens is 390 g/mol. The van der Waals surface area contributed by atoms with E-state index >= 15 is 0 Å². The van der Waals surface area contributed by atoms with Gasteiger partial charge >= 0.3 is 0 Å². The maximum absolute atomic E-state index is 4.44. The highest BCUT2D eigenvalue weighted by atomic mass is 79.9. The van der Waals surface area contributed by atoms with Crippen LogP contribution in [-0.4, -0.2) is 29.0 Å². The molecule has 26 heavy (non-hydrogen) atoms. The van der Waals surface area contributed by atoms with E-state index in [0.29, 0.717) is 0 Å². The van der Waals surface area contributed by atoms with Crippen LogP contribution in [0.4, 0.5) is 17.2 Å². The predicted octanol–water partition coefficient (Wildman–Crippen LogP) is 5.11. The first-order chi connectivity index (χ1) is 12.6. The number of rotatable bonds is 5. The van der Waals surface area contributed by atoms with Gasteiger partial charge in [-0.05, 0) is 49.2 Å². The number of halogens is 1. The Kier molecular flexibility index (Phi) is 4.51. The molecule has 0 saturated carbocycles. The van der Waals surface area contributed by atoms with Crippen molar-refractivity contribution in [2.75, 3.05) is 24.7 Å². The van der Waals surface area contributed by atoms with Gasteiger partial charge in [-0.3, -0.25) is 0 Å². The molecule has 0 spiro atoms. The molecule has 0 aliphatic heterocycles. The standard InChI is InChI=1S/C20H20BrN5/c1-26(2)19-9-8-18(19)24-15-6-7-17-16(11-15)20(23-12-22-17)25-14-5-3-4-13(21)10-14/h3-7,10-12,24H,8-9H2,1-2H3,(H,22,23,25). The Morgan fingerprint density at radius 2 is 1.81 bits per heavy atom. The fraction of sp³-hybridized carbons (Fsp3) is 0.200. The lowest BCUT2D eigenvalue weighted by molar-refractivity contribution is 0.448. The first-order valence-corrected chi connectivity index (χ1v) is 9.33. The van der Waals surface area contributed by atoms with Crippen molar-refractivity contribution in [2.24, 2.45) is 0 Å². The van der Waals surface area contributed by atoms with Gasteiger partial charge in [-0.25, -0.2) is 9.97 Å². The van der Waals surface area contributed by atoms with Crippen molar-refractivity contribution >= 4 is 44.0 Å². The average Bonchev–Trinajstić information content (AvgIpc) is 2.58. The molecule has 1 aliphatic rings. The number of benzene rings is 2. The summed E-state index contributed by atoms with van der Waals surface area (Å²) in [5.41, 5.74) is 5.60. The largest absolute Gasteiger partial charge is 0.380 e. The van der Waals surface area contributed by atoms with Crippen LogP contribution in [0.25, 0.3) is 10.9 Å². The number of hydrogen-bond donors (Lipinski definition) is 2. The molecule has 1 aliphatic carbocycles. The predicted molar refractivity (Wildman–Crippen MR) is 111 cm³/mol. The first kappa shape index (κ1) is 16.8. The summed E-state index contributed by atoms with van der Waals surface area (Å²) in [6.07, 6.45) is 3.80. The van der Waals surface area contributed by atoms with Crippen molar-refractivity contribution in [3.63, 3.8) is 0 Å². The lowest BCUT2D eigenvalue weighted by Crippen LogP contribution is -2.23. The zero-order chi connectivity index (χ0) is 18.1. The van der Waals surface area contributed by atoms with Crippen LogP contribution in [0, 0.1) is 0 Å². The molecule has 0 fully saturated rings. The molecule has 0 atom stereocenters. The van der Waals surface area contributed by atoms with Crippen LogP contribution in [0.15, 0.2) is 64.7 Å². The Labute approximate surface area is 161 Å². The monoisotopic (exact) mass is 409 g/mol. The van der Waals surface area contributed by atoms with E-state index in [1.54, 1.807) is 6.33 Å². The summed E-state index contributed by atoms with van der Waals surface area (Å²) in [5.74, 6) is 0.798. The Balaban J connectivity index is 1.67. The van der Waals surface area contributed by atoms with Gasteiger partial charge in [-0.1, -0.05) is 22.0 Å². The van der Waals surface area contributed by atoms with E-state index in [9.17, 15) is 0 Å². The Bertz CT molecular complexity index is 996. The van der Waals surface area contributed by atoms with Crippen LogP contribution in [0.1, 0.15) is 12.8 Å². The Morgan fingerprint density at radius 3 is 2.54 bits per heavy atom. The van der Waals surface area contributed by atoms with Gasteiger partial charge in [-0.2, -0.15) is 0 Å². The molecule has 0 bridgehead atoms. The molecule has 2 N–H and O–H groups in total. The molecule has 0 amide bonds. The minimum absolute atomic E-state index is 0.798. The van der Waals surface area contributed by atoms with Crippen LogP contribution in [-0.2, 0) is 0 Å². The number of nitrogens with one attached hydrogen (secondary N) is 2. The summed E-state index contributed by atoms with van der Waals surface area (Å²) >= 11 is 3.50. The molecule has 1 heterocycles. The Morgan fingerprint density at radius 1 is 0.962 bits per heavy atom. The second-order valence-electron chi connectivity index (χ2n) is 6.53. The fourth-order valence-corrected chi connectivity index (χ4v) is 3.50. The Hall–Kier alpha value is -2.60. The highest BCUT2D eigenvalue weighted by molar-refractivity contribution is 9.10. The molecule has 0 saturated heterocycles. The summed E-state index contributed by atoms with van der Waals surface area (Å²) < 4.78 is 1.02. The second-order valence-corrected chi connectivity index (χ2v) is 7.45. The van der Waals surface area contributed by atoms with Gasteiger partial charge in [0.1, 0.15) is 12.1 Å². The lowest BCUT2D eigenvalue weighted by atomic mass is 9.99. The summed E-state index contributed by atoms with van der Waals surface area (Å²) in [7, 11) is 4.18. The number of allylic oxidation sites excluding steroid dienone is 2. The van der Waals surface area contributed by atoms with E-state index in [4.69, 9.17) is 0 Å². The van der Waals surface area contributed by atoms with Crippen molar-refractivity contribution < 1.29 is 0 Å². The van der Waals surface area contributed by atoms with Crippen LogP contribution in [0.3, 0.4) is 0 Å². The van der Waals surface area contributed by atoms with Gasteiger partial charge in [-0.15, -0.1) is 0 Å². The molecular formula is C20H20BrN5. The third kappa shape index (κ3) is 3.37. The van der Waals surface area contributed by atoms with Crippen molar-refractivity contribution in [1.82, 2.24) is 14.9 Å². The third-order valence-electron chi connectivity index (χ3n) is 4.52. The maximum atomic E-state index is 4.44. The van der Waals surface area contributed by atoms with E-state index in [1.807, 2.05) is 30.3 Å². The van der Waals surface area contributed by atoms with Crippen molar-refractivity contribution in [3.8, 4) is 0 Å². The van der Waals surface area contributed by atoms with E-state index in [0.717, 1.165) is 45.4 Å². The maximum Gasteiger partial charge on any atom is 0.141 e. The van der Waals surface area contributed by atoms with Crippen molar-refractivity contribution in [3.05, 3.63) is 64.7 Å². The van der Waals surface area contributed by atoms with Crippen molar-refractivity contribution in [2.45, 2.75) is 12.8 Å². The van der Waals surface area contributed by atoms with Crippen LogP contribution in [0.5, 0.6) is 0 Å². The molecule has 0 unspecified atom stereocenters. The van der Waals surface area contributed by atoms with Gasteiger partial charge in [0.15, 0.2) is 0 Å². The zero-order valence-corrected chi connectivity index (χ0v) is 16.3. The van der Waals surface area contributed by atoms with E-state index in [2.05, 4.69) is 67.7 Å². The molecule has 4 rings (SSSR count). The highest BCUT2D eigenvalue weighted by Gasteiger charge is 2.19. The van der Waals surface area contributed by atoms with E-state index in [1.165, 1.54) is 11.4 Å². The lowest BCUT2D eigenvalue weighted by Gasteiger charge is -2.30. The van der Waals surface area contributed by atoms with E-state index in [-0.39, 0.29) is 0 Å². The molecule has 2 aromatic carbocycles. The summed E-state index contributed by atoms with van der Waals surface area (Å²) in [4.78, 5) is 11.0. The highest BCUT2D eigenvalue weighted by Crippen LogP contribution is 2.32. The topological polar surface area (TPSA) is 53.1 Å². The fourth-order valence-electron chi connectivity index (χ4n) is 3.10. The number of aromatic nitrogens is 2. The molecule has 5 nitrogen and oxygen atoms in total. The first-order valence-electron chi connectivity index (χ1n) is 8.54. The number of hydrogen-bond acceptors (Lipinski definition) is 5. The number of nitrogens with zero attached hydrogens (tertiary/aromatic N) is 3. The summed E-state index contributed by atoms with van der Waals surface area (Å²) in [6.45, 7) is 0. The van der Waals surface area contributed by atoms with Crippen LogP contribution < -0.4 is 10.6 Å². The van der Waals surface area contributed by atoms with Gasteiger partial charge < -0.3 is 15.5 Å². The van der Waals surface area contributed by atoms with Gasteiger partial charge in [0, 0.05) is 46.7 Å². The van der Waals surface area contributed by atoms with Crippen molar-refractivity contribution in [1.29, 1.82) is 0 Å². The smallest absolute Gasteiger partial charge is 0.141 e. The van der Waals surface area contributed by atoms with Gasteiger partial charge in [0.25, 0.3) is 0 Å². The number of fused-ring (bicyclic) bond motifs is 1. The summed E-state index contributed by atoms with van der Waals surface area (Å²) in [5, 5.41) is 7.93. The molecule has 6 heteroatoms. The number of anilines is 3. The zero-order valence-electron chi connectivity index (χ0n) is 14.8. The minimum Gasteiger partial charge on any atom is -0.380 e. The molecule has 0 radical (unpaired) electrons. The van der Waals surface area contributed by atoms with Crippen LogP contribution >= 0.6 is 15.9 Å². The molecule has 132 valence electrons. The van der Waals surface area contributed by atoms with Gasteiger partial charge in [0.05, 0.1) is 5.52 Å². The van der Waals surface area contributed by atoms with E-state index < -0.39 is 0 Å². The SMILES string of the molecule is CN(C)C1=C(Nc2ccc3ncnc(Nc4cccc(Br)c4)c3c2)CC1. The third-order valence-corrected chi connectivity index (χ3v) is 5.01. The molecule has 3 aromatic rings. The average molecular weight is 410 g/mol. The summed E-state index contributed by atoms with van der Waals surface area (Å²) in [6, 6.07) is 14.2. The molecule has 1 aromatic heterocycles. The minimum atomic E-state index is 0.798. The second kappa shape index (κ2) is 6.96. The van der Waals surface area contributed by atoms with Gasteiger partial charge in [0.2, 0.25) is 0 Å².